The van der Waals surface area contributed by atoms with E-state index in [0.29, 0.717) is 43.6 Å². The van der Waals surface area contributed by atoms with Crippen molar-refractivity contribution in [2.45, 2.75) is 89.4 Å². The number of carbonyl (C=O) groups excluding carboxylic acids is 3. The predicted molar refractivity (Wildman–Crippen MR) is 171 cm³/mol. The number of unbranched alkanes of at least 4 members (excludes halogenated alkanes) is 1. The zero-order valence-corrected chi connectivity index (χ0v) is 26.6. The molecule has 2 heterocycles. The number of nitrogens with zero attached hydrogens (tertiary/aromatic N) is 1. The fourth-order valence-electron chi connectivity index (χ4n) is 6.42. The highest BCUT2D eigenvalue weighted by molar-refractivity contribution is 6.33. The minimum absolute atomic E-state index is 0.0519. The van der Waals surface area contributed by atoms with Gasteiger partial charge in [0.2, 0.25) is 5.78 Å². The van der Waals surface area contributed by atoms with Crippen LogP contribution in [0.4, 0.5) is 5.82 Å². The summed E-state index contributed by atoms with van der Waals surface area (Å²) < 4.78 is 12.3. The average Bonchev–Trinajstić information content (AvgIpc) is 3.75. The van der Waals surface area contributed by atoms with Gasteiger partial charge in [-0.3, -0.25) is 9.59 Å². The number of Topliss-reactive ketones (excluding diaryl/α,β-unsaturated/α-hetero) is 2. The van der Waals surface area contributed by atoms with Gasteiger partial charge in [0.1, 0.15) is 11.9 Å². The number of esters is 1. The number of aromatic nitrogens is 1. The SMILES string of the molecule is CCCC[C@H](CNCC)[C@H](CCCO)OC(=O)[C@]12O[C@@]1(C/C(CO)=C(\C)CCc1ccnc(N)c1)C(=O)c1ccccc1C2=O. The van der Waals surface area contributed by atoms with E-state index in [1.165, 1.54) is 6.07 Å². The number of fused-ring (bicyclic) bond motifs is 2. The van der Waals surface area contributed by atoms with Gasteiger partial charge in [0.25, 0.3) is 5.60 Å². The number of benzene rings is 1. The van der Waals surface area contributed by atoms with Gasteiger partial charge >= 0.3 is 5.97 Å². The van der Waals surface area contributed by atoms with Gasteiger partial charge in [-0.05, 0) is 68.8 Å². The molecule has 0 saturated carbocycles. The summed E-state index contributed by atoms with van der Waals surface area (Å²) >= 11 is 0. The number of nitrogens with one attached hydrogen (secondary N) is 1. The lowest BCUT2D eigenvalue weighted by Gasteiger charge is -2.30. The Morgan fingerprint density at radius 1 is 1.09 bits per heavy atom. The molecule has 10 heteroatoms. The molecule has 0 bridgehead atoms. The molecular formula is C35H47N3O7. The van der Waals surface area contributed by atoms with Crippen molar-refractivity contribution in [3.8, 4) is 0 Å². The lowest BCUT2D eigenvalue weighted by molar-refractivity contribution is -0.157. The first-order valence-corrected chi connectivity index (χ1v) is 16.1. The number of ether oxygens (including phenoxy) is 2. The summed E-state index contributed by atoms with van der Waals surface area (Å²) in [4.78, 5) is 46.6. The molecule has 1 aromatic carbocycles. The highest BCUT2D eigenvalue weighted by atomic mass is 16.7. The third-order valence-corrected chi connectivity index (χ3v) is 9.15. The Kier molecular flexibility index (Phi) is 11.7. The highest BCUT2D eigenvalue weighted by Crippen LogP contribution is 2.59. The molecule has 4 atom stereocenters. The Bertz CT molecular complexity index is 1400. The van der Waals surface area contributed by atoms with Gasteiger partial charge in [-0.2, -0.15) is 0 Å². The van der Waals surface area contributed by atoms with Crippen LogP contribution in [0, 0.1) is 5.92 Å². The first-order valence-electron chi connectivity index (χ1n) is 16.1. The number of nitrogen functional groups attached to an aromatic ring is 1. The van der Waals surface area contributed by atoms with E-state index in [1.807, 2.05) is 19.9 Å². The fraction of sp³-hybridized carbons (Fsp3) is 0.543. The molecule has 2 aliphatic rings. The summed E-state index contributed by atoms with van der Waals surface area (Å²) in [6, 6.07) is 10.1. The predicted octanol–water partition coefficient (Wildman–Crippen LogP) is 3.98. The molecule has 1 fully saturated rings. The highest BCUT2D eigenvalue weighted by Gasteiger charge is 2.85. The summed E-state index contributed by atoms with van der Waals surface area (Å²) in [5, 5.41) is 23.4. The maximum absolute atomic E-state index is 14.2. The molecule has 0 radical (unpaired) electrons. The topological polar surface area (TPSA) is 164 Å². The van der Waals surface area contributed by atoms with Crippen LogP contribution < -0.4 is 11.1 Å². The minimum atomic E-state index is -2.15. The molecule has 0 amide bonds. The third kappa shape index (κ3) is 7.04. The quantitative estimate of drug-likeness (QED) is 0.0828. The van der Waals surface area contributed by atoms with Gasteiger partial charge in [0, 0.05) is 42.8 Å². The normalized spacial score (nSPS) is 22.2. The molecule has 1 saturated heterocycles. The van der Waals surface area contributed by atoms with Gasteiger partial charge in [0.15, 0.2) is 11.4 Å². The molecule has 5 N–H and O–H groups in total. The van der Waals surface area contributed by atoms with Crippen molar-refractivity contribution in [2.75, 3.05) is 32.0 Å². The Balaban J connectivity index is 1.68. The average molecular weight is 622 g/mol. The number of pyridine rings is 1. The first-order chi connectivity index (χ1) is 21.7. The zero-order chi connectivity index (χ0) is 32.6. The van der Waals surface area contributed by atoms with E-state index in [0.717, 1.165) is 36.9 Å². The van der Waals surface area contributed by atoms with E-state index in [4.69, 9.17) is 15.2 Å². The van der Waals surface area contributed by atoms with E-state index < -0.39 is 34.8 Å². The molecular weight excluding hydrogens is 574 g/mol. The van der Waals surface area contributed by atoms with E-state index in [9.17, 15) is 24.6 Å². The van der Waals surface area contributed by atoms with Crippen LogP contribution >= 0.6 is 0 Å². The van der Waals surface area contributed by atoms with Crippen LogP contribution in [0.1, 0.15) is 92.0 Å². The van der Waals surface area contributed by atoms with Crippen LogP contribution in [0.25, 0.3) is 0 Å². The van der Waals surface area contributed by atoms with Crippen LogP contribution in [-0.4, -0.2) is 76.3 Å². The monoisotopic (exact) mass is 621 g/mol. The van der Waals surface area contributed by atoms with Crippen molar-refractivity contribution in [3.05, 3.63) is 70.4 Å². The number of allylic oxidation sites excluding steroid dienone is 1. The van der Waals surface area contributed by atoms with Crippen molar-refractivity contribution < 1.29 is 34.1 Å². The van der Waals surface area contributed by atoms with E-state index >= 15 is 0 Å². The Morgan fingerprint density at radius 2 is 1.82 bits per heavy atom. The summed E-state index contributed by atoms with van der Waals surface area (Å²) in [6.07, 6.45) is 5.61. The number of nitrogens with two attached hydrogens (primary N) is 1. The summed E-state index contributed by atoms with van der Waals surface area (Å²) in [7, 11) is 0. The van der Waals surface area contributed by atoms with Crippen molar-refractivity contribution in [2.24, 2.45) is 5.92 Å². The van der Waals surface area contributed by atoms with Crippen molar-refractivity contribution in [1.82, 2.24) is 10.3 Å². The number of aliphatic hydroxyl groups is 2. The van der Waals surface area contributed by atoms with Crippen molar-refractivity contribution >= 4 is 23.4 Å². The number of anilines is 1. The Labute approximate surface area is 265 Å². The maximum Gasteiger partial charge on any atom is 0.350 e. The number of aliphatic hydroxyl groups excluding tert-OH is 2. The van der Waals surface area contributed by atoms with E-state index in [2.05, 4.69) is 17.2 Å². The maximum atomic E-state index is 14.2. The Hall–Kier alpha value is -3.44. The van der Waals surface area contributed by atoms with Gasteiger partial charge in [0.05, 0.1) is 6.61 Å². The zero-order valence-electron chi connectivity index (χ0n) is 26.6. The number of epoxide rings is 1. The smallest absolute Gasteiger partial charge is 0.350 e. The number of ketones is 2. The first kappa shape index (κ1) is 34.4. The number of rotatable bonds is 18. The molecule has 0 spiro atoms. The number of hydrogen-bond acceptors (Lipinski definition) is 10. The van der Waals surface area contributed by atoms with Gasteiger partial charge in [-0.25, -0.2) is 9.78 Å². The van der Waals surface area contributed by atoms with Crippen LogP contribution in [0.5, 0.6) is 0 Å². The van der Waals surface area contributed by atoms with Crippen LogP contribution in [-0.2, 0) is 20.7 Å². The summed E-state index contributed by atoms with van der Waals surface area (Å²) in [6.45, 7) is 6.87. The molecule has 244 valence electrons. The molecule has 1 aliphatic heterocycles. The van der Waals surface area contributed by atoms with Crippen LogP contribution in [0.2, 0.25) is 0 Å². The number of aryl methyl sites for hydroxylation is 1. The largest absolute Gasteiger partial charge is 0.459 e. The lowest BCUT2D eigenvalue weighted by atomic mass is 9.71. The molecule has 10 nitrogen and oxygen atoms in total. The van der Waals surface area contributed by atoms with E-state index in [1.54, 1.807) is 30.5 Å². The van der Waals surface area contributed by atoms with Crippen molar-refractivity contribution in [3.63, 3.8) is 0 Å². The standard InChI is InChI=1S/C35H47N3O7/c1-4-6-10-25(21-37-5-2)29(13-9-18-39)44-33(43)35-32(42)28-12-8-7-11-27(28)31(41)34(35,45-35)20-26(22-40)23(3)14-15-24-16-17-38-30(36)19-24/h7-8,11-12,16-17,19,25,29,37,39-40H,4-6,9-10,13-15,18,20-22H2,1-3H3,(H2,36,38)/b26-23-/t25-,29+,34+,35+/m1/s1. The molecule has 2 aromatic rings. The summed E-state index contributed by atoms with van der Waals surface area (Å²) in [5.41, 5.74) is 4.49. The molecule has 1 aromatic heterocycles. The fourth-order valence-corrected chi connectivity index (χ4v) is 6.42. The van der Waals surface area contributed by atoms with Crippen molar-refractivity contribution in [1.29, 1.82) is 0 Å². The second kappa shape index (κ2) is 15.2. The van der Waals surface area contributed by atoms with E-state index in [-0.39, 0.29) is 36.7 Å². The third-order valence-electron chi connectivity index (χ3n) is 9.15. The van der Waals surface area contributed by atoms with Crippen LogP contribution in [0.3, 0.4) is 0 Å². The molecule has 1 aliphatic carbocycles. The molecule has 0 unspecified atom stereocenters. The second-order valence-electron chi connectivity index (χ2n) is 12.1. The molecule has 4 rings (SSSR count). The number of carbonyl (C=O) groups is 3. The van der Waals surface area contributed by atoms with Crippen LogP contribution in [0.15, 0.2) is 53.7 Å². The van der Waals surface area contributed by atoms with Gasteiger partial charge < -0.3 is 30.7 Å². The minimum Gasteiger partial charge on any atom is -0.459 e. The second-order valence-corrected chi connectivity index (χ2v) is 12.1. The lowest BCUT2D eigenvalue weighted by Crippen LogP contribution is -2.52. The Morgan fingerprint density at radius 3 is 2.47 bits per heavy atom. The number of hydrogen-bond donors (Lipinski definition) is 4. The molecule has 45 heavy (non-hydrogen) atoms. The van der Waals surface area contributed by atoms with Gasteiger partial charge in [-0.15, -0.1) is 0 Å². The summed E-state index contributed by atoms with van der Waals surface area (Å²) in [5.74, 6) is -1.61. The van der Waals surface area contributed by atoms with Gasteiger partial charge in [-0.1, -0.05) is 56.5 Å².